The Hall–Kier alpha value is -5.02. The molecule has 1 unspecified atom stereocenters. The van der Waals surface area contributed by atoms with Crippen LogP contribution in [-0.2, 0) is 11.2 Å². The van der Waals surface area contributed by atoms with Crippen LogP contribution in [0.1, 0.15) is 22.9 Å². The van der Waals surface area contributed by atoms with Gasteiger partial charge >= 0.3 is 12.1 Å². The first-order valence-corrected chi connectivity index (χ1v) is 11.5. The summed E-state index contributed by atoms with van der Waals surface area (Å²) in [6.45, 7) is 0. The molecule has 0 aliphatic heterocycles. The minimum Gasteiger partial charge on any atom is -0.480 e. The van der Waals surface area contributed by atoms with Crippen molar-refractivity contribution in [3.8, 4) is 34.3 Å². The highest BCUT2D eigenvalue weighted by molar-refractivity contribution is 5.73. The third-order valence-corrected chi connectivity index (χ3v) is 5.71. The lowest BCUT2D eigenvalue weighted by molar-refractivity contribution is -0.198. The number of anilines is 1. The molecule has 12 heteroatoms. The maximum absolute atomic E-state index is 14.3. The smallest absolute Gasteiger partial charge is 0.429 e. The number of carboxylic acid groups (broad SMARTS) is 1. The number of carbonyl (C=O) groups is 1. The Bertz CT molecular complexity index is 1520. The lowest BCUT2D eigenvalue weighted by Crippen LogP contribution is -2.32. The molecule has 2 atom stereocenters. The minimum absolute atomic E-state index is 0.0946. The number of nitrogen functional groups attached to an aromatic ring is 1. The van der Waals surface area contributed by atoms with E-state index in [2.05, 4.69) is 15.0 Å². The second-order valence-electron chi connectivity index (χ2n) is 8.47. The molecule has 0 fully saturated rings. The second-order valence-corrected chi connectivity index (χ2v) is 8.47. The van der Waals surface area contributed by atoms with Crippen LogP contribution in [0.5, 0.6) is 5.88 Å². The molecule has 2 heterocycles. The van der Waals surface area contributed by atoms with Gasteiger partial charge in [0.2, 0.25) is 17.9 Å². The van der Waals surface area contributed by atoms with E-state index in [9.17, 15) is 18.0 Å². The summed E-state index contributed by atoms with van der Waals surface area (Å²) >= 11 is 0. The molecule has 0 saturated heterocycles. The van der Waals surface area contributed by atoms with Crippen molar-refractivity contribution in [3.05, 3.63) is 89.7 Å². The molecular weight excluding hydrogens is 513 g/mol. The van der Waals surface area contributed by atoms with E-state index in [4.69, 9.17) is 26.6 Å². The summed E-state index contributed by atoms with van der Waals surface area (Å²) < 4.78 is 48.4. The number of alkyl halides is 3. The van der Waals surface area contributed by atoms with Gasteiger partial charge in [-0.3, -0.25) is 4.79 Å². The van der Waals surface area contributed by atoms with Crippen LogP contribution < -0.4 is 16.2 Å². The highest BCUT2D eigenvalue weighted by Crippen LogP contribution is 2.41. The molecule has 9 nitrogen and oxygen atoms in total. The molecule has 0 saturated carbocycles. The van der Waals surface area contributed by atoms with Gasteiger partial charge in [0.25, 0.3) is 0 Å². The van der Waals surface area contributed by atoms with Gasteiger partial charge in [-0.1, -0.05) is 48.5 Å². The molecule has 0 amide bonds. The van der Waals surface area contributed by atoms with E-state index in [0.717, 1.165) is 0 Å². The zero-order valence-corrected chi connectivity index (χ0v) is 20.1. The van der Waals surface area contributed by atoms with Gasteiger partial charge in [-0.05, 0) is 29.7 Å². The number of rotatable bonds is 8. The molecule has 0 radical (unpaired) electrons. The topological polar surface area (TPSA) is 161 Å². The fourth-order valence-electron chi connectivity index (χ4n) is 3.84. The Balaban J connectivity index is 1.67. The molecule has 198 valence electrons. The molecule has 0 aliphatic rings. The highest BCUT2D eigenvalue weighted by Gasteiger charge is 2.44. The first-order valence-electron chi connectivity index (χ1n) is 11.5. The molecule has 2 aromatic heterocycles. The van der Waals surface area contributed by atoms with Gasteiger partial charge in [0, 0.05) is 29.0 Å². The summed E-state index contributed by atoms with van der Waals surface area (Å²) in [5, 5.41) is 18.0. The van der Waals surface area contributed by atoms with Crippen molar-refractivity contribution in [2.75, 3.05) is 5.73 Å². The van der Waals surface area contributed by atoms with E-state index < -0.39 is 30.2 Å². The van der Waals surface area contributed by atoms with E-state index in [1.807, 2.05) is 6.07 Å². The Morgan fingerprint density at radius 2 is 1.74 bits per heavy atom. The van der Waals surface area contributed by atoms with Crippen molar-refractivity contribution >= 4 is 11.9 Å². The first kappa shape index (κ1) is 27.0. The van der Waals surface area contributed by atoms with E-state index in [-0.39, 0.29) is 34.9 Å². The lowest BCUT2D eigenvalue weighted by atomic mass is 9.96. The molecule has 39 heavy (non-hydrogen) atoms. The standard InChI is InChI=1S/C27H21F3N6O3/c28-27(29,30)24(20-4-2-1-3-19(20)17-9-10-18(13-31)34-14-17)39-23-12-22(35-26(33)36-23)16-7-5-15(6-8-16)11-21(32)25(37)38/h1-10,12,14,21,24H,11,32H2,(H,37,38)(H2,33,35,36)/t21?,24-/m0/s1. The fraction of sp³-hybridized carbons (Fsp3) is 0.148. The SMILES string of the molecule is N#Cc1ccc(-c2ccccc2[C@H](Oc2cc(-c3ccc(CC(N)C(=O)O)cc3)nc(N)n2)C(F)(F)F)cn1. The Kier molecular flexibility index (Phi) is 7.73. The van der Waals surface area contributed by atoms with Crippen LogP contribution in [0.2, 0.25) is 0 Å². The maximum atomic E-state index is 14.3. The average molecular weight is 534 g/mol. The summed E-state index contributed by atoms with van der Waals surface area (Å²) in [7, 11) is 0. The summed E-state index contributed by atoms with van der Waals surface area (Å²) in [5.74, 6) is -1.84. The quantitative estimate of drug-likeness (QED) is 0.299. The summed E-state index contributed by atoms with van der Waals surface area (Å²) in [6, 6.07) is 17.3. The molecule has 0 spiro atoms. The third kappa shape index (κ3) is 6.46. The summed E-state index contributed by atoms with van der Waals surface area (Å²) in [4.78, 5) is 22.9. The van der Waals surface area contributed by atoms with Crippen molar-refractivity contribution in [2.24, 2.45) is 5.73 Å². The number of carboxylic acids is 1. The van der Waals surface area contributed by atoms with E-state index in [1.54, 1.807) is 30.3 Å². The third-order valence-electron chi connectivity index (χ3n) is 5.71. The van der Waals surface area contributed by atoms with Gasteiger partial charge in [-0.25, -0.2) is 9.97 Å². The molecule has 0 bridgehead atoms. The van der Waals surface area contributed by atoms with Crippen LogP contribution in [0.4, 0.5) is 19.1 Å². The number of aliphatic carboxylic acids is 1. The van der Waals surface area contributed by atoms with Crippen LogP contribution >= 0.6 is 0 Å². The van der Waals surface area contributed by atoms with Gasteiger partial charge in [0.1, 0.15) is 17.8 Å². The summed E-state index contributed by atoms with van der Waals surface area (Å²) in [5.41, 5.74) is 13.2. The van der Waals surface area contributed by atoms with Crippen molar-refractivity contribution in [3.63, 3.8) is 0 Å². The van der Waals surface area contributed by atoms with Crippen LogP contribution in [0.25, 0.3) is 22.4 Å². The Morgan fingerprint density at radius 3 is 2.36 bits per heavy atom. The fourth-order valence-corrected chi connectivity index (χ4v) is 3.84. The van der Waals surface area contributed by atoms with Crippen molar-refractivity contribution in [1.29, 1.82) is 5.26 Å². The van der Waals surface area contributed by atoms with E-state index in [1.165, 1.54) is 42.6 Å². The molecule has 5 N–H and O–H groups in total. The number of hydrogen-bond donors (Lipinski definition) is 3. The second kappa shape index (κ2) is 11.2. The monoisotopic (exact) mass is 534 g/mol. The number of benzene rings is 2. The number of nitrogens with two attached hydrogens (primary N) is 2. The Labute approximate surface area is 220 Å². The normalized spacial score (nSPS) is 12.8. The zero-order valence-electron chi connectivity index (χ0n) is 20.1. The molecule has 4 rings (SSSR count). The number of aromatic nitrogens is 3. The van der Waals surface area contributed by atoms with Gasteiger partial charge in [0.15, 0.2) is 0 Å². The molecule has 2 aromatic carbocycles. The van der Waals surface area contributed by atoms with Crippen LogP contribution in [0.3, 0.4) is 0 Å². The highest BCUT2D eigenvalue weighted by atomic mass is 19.4. The molecular formula is C27H21F3N6O3. The maximum Gasteiger partial charge on any atom is 0.429 e. The summed E-state index contributed by atoms with van der Waals surface area (Å²) in [6.07, 6.45) is -5.83. The first-order chi connectivity index (χ1) is 18.5. The molecule has 4 aromatic rings. The van der Waals surface area contributed by atoms with Crippen molar-refractivity contribution in [1.82, 2.24) is 15.0 Å². The van der Waals surface area contributed by atoms with Crippen LogP contribution in [0, 0.1) is 11.3 Å². The predicted octanol–water partition coefficient (Wildman–Crippen LogP) is 4.30. The number of pyridine rings is 1. The molecule has 0 aliphatic carbocycles. The number of nitrogens with zero attached hydrogens (tertiary/aromatic N) is 4. The number of ether oxygens (including phenoxy) is 1. The lowest BCUT2D eigenvalue weighted by Gasteiger charge is -2.24. The van der Waals surface area contributed by atoms with Gasteiger partial charge < -0.3 is 21.3 Å². The largest absolute Gasteiger partial charge is 0.480 e. The average Bonchev–Trinajstić information content (AvgIpc) is 2.91. The van der Waals surface area contributed by atoms with Crippen LogP contribution in [-0.4, -0.2) is 38.2 Å². The van der Waals surface area contributed by atoms with Gasteiger partial charge in [-0.15, -0.1) is 0 Å². The van der Waals surface area contributed by atoms with E-state index >= 15 is 0 Å². The number of nitriles is 1. The van der Waals surface area contributed by atoms with Crippen LogP contribution in [0.15, 0.2) is 72.9 Å². The van der Waals surface area contributed by atoms with Gasteiger partial charge in [0.05, 0.1) is 5.69 Å². The van der Waals surface area contributed by atoms with Crippen molar-refractivity contribution in [2.45, 2.75) is 24.7 Å². The Morgan fingerprint density at radius 1 is 1.05 bits per heavy atom. The minimum atomic E-state index is -4.83. The zero-order chi connectivity index (χ0) is 28.2. The van der Waals surface area contributed by atoms with E-state index in [0.29, 0.717) is 16.7 Å². The predicted molar refractivity (Wildman–Crippen MR) is 135 cm³/mol. The number of halogens is 3. The number of hydrogen-bond acceptors (Lipinski definition) is 8. The van der Waals surface area contributed by atoms with Gasteiger partial charge in [-0.2, -0.15) is 23.4 Å². The van der Waals surface area contributed by atoms with Crippen molar-refractivity contribution < 1.29 is 27.8 Å².